The van der Waals surface area contributed by atoms with Crippen LogP contribution < -0.4 is 0 Å². The lowest BCUT2D eigenvalue weighted by molar-refractivity contribution is -0.0536. The highest BCUT2D eigenvalue weighted by atomic mass is 19.3. The van der Waals surface area contributed by atoms with Crippen molar-refractivity contribution < 1.29 is 19.0 Å². The Morgan fingerprint density at radius 1 is 1.42 bits per heavy atom. The Labute approximate surface area is 70.2 Å². The molecule has 2 nitrogen and oxygen atoms in total. The van der Waals surface area contributed by atoms with Crippen molar-refractivity contribution in [1.82, 2.24) is 0 Å². The predicted molar refractivity (Wildman–Crippen MR) is 39.2 cm³/mol. The average molecular weight is 179 g/mol. The van der Waals surface area contributed by atoms with E-state index in [1.807, 2.05) is 0 Å². The molecule has 0 spiro atoms. The van der Waals surface area contributed by atoms with Gasteiger partial charge in [-0.3, -0.25) is 0 Å². The maximum absolute atomic E-state index is 12.7. The Kier molecular flexibility index (Phi) is 2.40. The van der Waals surface area contributed by atoms with Crippen molar-refractivity contribution in [3.05, 3.63) is 6.10 Å². The molecule has 2 N–H and O–H groups in total. The highest BCUT2D eigenvalue weighted by molar-refractivity contribution is 5.06. The fourth-order valence-corrected chi connectivity index (χ4v) is 1.57. The fraction of sp³-hybridized carbons (Fsp3) is 0.875. The van der Waals surface area contributed by atoms with Gasteiger partial charge in [0.1, 0.15) is 11.7 Å². The highest BCUT2D eigenvalue weighted by Gasteiger charge is 2.52. The molecule has 1 fully saturated rings. The van der Waals surface area contributed by atoms with Crippen molar-refractivity contribution in [2.24, 2.45) is 0 Å². The van der Waals surface area contributed by atoms with Gasteiger partial charge in [-0.1, -0.05) is 6.92 Å². The molecular formula is C8H13F2O2. The second-order valence-corrected chi connectivity index (χ2v) is 3.36. The number of hydrogen-bond donors (Lipinski definition) is 2. The minimum atomic E-state index is -2.82. The lowest BCUT2D eigenvalue weighted by Gasteiger charge is -2.26. The summed E-state index contributed by atoms with van der Waals surface area (Å²) >= 11 is 0. The molecule has 0 saturated heterocycles. The third-order valence-electron chi connectivity index (χ3n) is 2.33. The van der Waals surface area contributed by atoms with Crippen LogP contribution in [0.4, 0.5) is 8.78 Å². The second-order valence-electron chi connectivity index (χ2n) is 3.36. The first-order valence-electron chi connectivity index (χ1n) is 4.05. The van der Waals surface area contributed by atoms with Crippen LogP contribution in [0.15, 0.2) is 0 Å². The normalized spacial score (nSPS) is 34.5. The smallest absolute Gasteiger partial charge is 0.251 e. The molecule has 0 aromatic rings. The van der Waals surface area contributed by atoms with Crippen LogP contribution in [0.25, 0.3) is 0 Å². The SMILES string of the molecule is CC[C](O)C1(O)CCC(F)(F)C1. The van der Waals surface area contributed by atoms with Crippen molar-refractivity contribution in [3.8, 4) is 0 Å². The van der Waals surface area contributed by atoms with E-state index >= 15 is 0 Å². The van der Waals surface area contributed by atoms with Gasteiger partial charge in [0.05, 0.1) is 0 Å². The van der Waals surface area contributed by atoms with Gasteiger partial charge in [-0.05, 0) is 12.8 Å². The average Bonchev–Trinajstić information content (AvgIpc) is 2.25. The van der Waals surface area contributed by atoms with Crippen molar-refractivity contribution in [2.45, 2.75) is 44.1 Å². The first-order valence-corrected chi connectivity index (χ1v) is 4.05. The first-order chi connectivity index (χ1) is 5.40. The molecule has 71 valence electrons. The summed E-state index contributed by atoms with van der Waals surface area (Å²) in [5.41, 5.74) is -1.64. The quantitative estimate of drug-likeness (QED) is 0.679. The third-order valence-corrected chi connectivity index (χ3v) is 2.33. The standard InChI is InChI=1S/C8H13F2O2/c1-2-6(11)7(12)3-4-8(9,10)5-7/h11-12H,2-5H2,1H3. The summed E-state index contributed by atoms with van der Waals surface area (Å²) in [6, 6.07) is 0. The van der Waals surface area contributed by atoms with E-state index in [1.54, 1.807) is 6.92 Å². The Hall–Kier alpha value is -0.220. The Morgan fingerprint density at radius 2 is 2.00 bits per heavy atom. The first kappa shape index (κ1) is 9.86. The van der Waals surface area contributed by atoms with Crippen molar-refractivity contribution in [2.75, 3.05) is 0 Å². The zero-order chi connectivity index (χ0) is 9.41. The number of alkyl halides is 2. The number of aliphatic hydroxyl groups excluding tert-OH is 1. The van der Waals surface area contributed by atoms with Crippen molar-refractivity contribution >= 4 is 0 Å². The van der Waals surface area contributed by atoms with Crippen LogP contribution in [0.3, 0.4) is 0 Å². The molecule has 1 rings (SSSR count). The van der Waals surface area contributed by atoms with E-state index in [1.165, 1.54) is 0 Å². The molecule has 1 unspecified atom stereocenters. The van der Waals surface area contributed by atoms with Crippen LogP contribution in [-0.4, -0.2) is 21.7 Å². The summed E-state index contributed by atoms with van der Waals surface area (Å²) in [6.45, 7) is 1.63. The fourth-order valence-electron chi connectivity index (χ4n) is 1.57. The van der Waals surface area contributed by atoms with Crippen LogP contribution in [-0.2, 0) is 0 Å². The van der Waals surface area contributed by atoms with E-state index < -0.39 is 17.9 Å². The summed E-state index contributed by atoms with van der Waals surface area (Å²) < 4.78 is 25.3. The Balaban J connectivity index is 2.64. The topological polar surface area (TPSA) is 40.5 Å². The molecule has 0 amide bonds. The van der Waals surface area contributed by atoms with Crippen LogP contribution in [0.1, 0.15) is 32.6 Å². The Bertz CT molecular complexity index is 172. The molecular weight excluding hydrogens is 166 g/mol. The van der Waals surface area contributed by atoms with Crippen LogP contribution in [0, 0.1) is 6.10 Å². The van der Waals surface area contributed by atoms with Crippen LogP contribution in [0.5, 0.6) is 0 Å². The summed E-state index contributed by atoms with van der Waals surface area (Å²) in [4.78, 5) is 0. The monoisotopic (exact) mass is 179 g/mol. The second kappa shape index (κ2) is 2.92. The molecule has 1 aliphatic rings. The number of halogens is 2. The molecule has 4 heteroatoms. The molecule has 0 aliphatic heterocycles. The van der Waals surface area contributed by atoms with Gasteiger partial charge in [0.15, 0.2) is 0 Å². The van der Waals surface area contributed by atoms with E-state index in [9.17, 15) is 19.0 Å². The summed E-state index contributed by atoms with van der Waals surface area (Å²) in [5.74, 6) is -2.82. The largest absolute Gasteiger partial charge is 0.387 e. The molecule has 12 heavy (non-hydrogen) atoms. The van der Waals surface area contributed by atoms with Crippen molar-refractivity contribution in [1.29, 1.82) is 0 Å². The van der Waals surface area contributed by atoms with Gasteiger partial charge in [0.2, 0.25) is 0 Å². The molecule has 0 aromatic heterocycles. The molecule has 1 atom stereocenters. The molecule has 0 heterocycles. The summed E-state index contributed by atoms with van der Waals surface area (Å²) in [7, 11) is 0. The summed E-state index contributed by atoms with van der Waals surface area (Å²) in [5, 5.41) is 18.7. The van der Waals surface area contributed by atoms with E-state index in [0.717, 1.165) is 0 Å². The van der Waals surface area contributed by atoms with Gasteiger partial charge in [0.25, 0.3) is 5.92 Å². The number of hydrogen-bond acceptors (Lipinski definition) is 2. The lowest BCUT2D eigenvalue weighted by Crippen LogP contribution is -2.34. The minimum Gasteiger partial charge on any atom is -0.387 e. The number of aliphatic hydroxyl groups is 2. The Morgan fingerprint density at radius 3 is 2.33 bits per heavy atom. The predicted octanol–water partition coefficient (Wildman–Crippen LogP) is 1.85. The van der Waals surface area contributed by atoms with E-state index in [2.05, 4.69) is 0 Å². The van der Waals surface area contributed by atoms with Gasteiger partial charge in [-0.25, -0.2) is 8.78 Å². The zero-order valence-electron chi connectivity index (χ0n) is 6.98. The third kappa shape index (κ3) is 1.75. The molecule has 1 saturated carbocycles. The molecule has 1 aliphatic carbocycles. The molecule has 0 bridgehead atoms. The van der Waals surface area contributed by atoms with E-state index in [-0.39, 0.29) is 25.4 Å². The zero-order valence-corrected chi connectivity index (χ0v) is 6.98. The van der Waals surface area contributed by atoms with Gasteiger partial charge >= 0.3 is 0 Å². The van der Waals surface area contributed by atoms with Gasteiger partial charge in [-0.2, -0.15) is 0 Å². The van der Waals surface area contributed by atoms with Gasteiger partial charge < -0.3 is 10.2 Å². The lowest BCUT2D eigenvalue weighted by atomic mass is 9.93. The summed E-state index contributed by atoms with van der Waals surface area (Å²) in [6.07, 6.45) is -1.01. The maximum atomic E-state index is 12.7. The van der Waals surface area contributed by atoms with Crippen LogP contribution >= 0.6 is 0 Å². The molecule has 1 radical (unpaired) electrons. The maximum Gasteiger partial charge on any atom is 0.251 e. The number of rotatable bonds is 2. The van der Waals surface area contributed by atoms with Crippen molar-refractivity contribution in [3.63, 3.8) is 0 Å². The van der Waals surface area contributed by atoms with E-state index in [0.29, 0.717) is 0 Å². The van der Waals surface area contributed by atoms with Gasteiger partial charge in [0, 0.05) is 12.8 Å². The highest BCUT2D eigenvalue weighted by Crippen LogP contribution is 2.45. The van der Waals surface area contributed by atoms with Gasteiger partial charge in [-0.15, -0.1) is 0 Å². The van der Waals surface area contributed by atoms with Crippen LogP contribution in [0.2, 0.25) is 0 Å². The minimum absolute atomic E-state index is 0.0420. The van der Waals surface area contributed by atoms with E-state index in [4.69, 9.17) is 0 Å². The molecule has 0 aromatic carbocycles.